The summed E-state index contributed by atoms with van der Waals surface area (Å²) in [6.45, 7) is -0.710. The predicted molar refractivity (Wildman–Crippen MR) is 141 cm³/mol. The first-order chi connectivity index (χ1) is 20.0. The van der Waals surface area contributed by atoms with E-state index < -0.39 is 60.7 Å². The van der Waals surface area contributed by atoms with Gasteiger partial charge in [-0.1, -0.05) is 12.1 Å². The average Bonchev–Trinajstić information content (AvgIpc) is 2.96. The Kier molecular flexibility index (Phi) is 6.75. The van der Waals surface area contributed by atoms with Crippen LogP contribution >= 0.6 is 0 Å². The normalized spacial score (nSPS) is 26.5. The highest BCUT2D eigenvalue weighted by Gasteiger charge is 2.46. The molecule has 0 amide bonds. The van der Waals surface area contributed by atoms with Gasteiger partial charge in [0, 0.05) is 23.3 Å². The van der Waals surface area contributed by atoms with Gasteiger partial charge in [0.1, 0.15) is 53.5 Å². The number of benzene rings is 3. The van der Waals surface area contributed by atoms with Gasteiger partial charge in [-0.05, 0) is 35.9 Å². The van der Waals surface area contributed by atoms with E-state index in [1.165, 1.54) is 24.3 Å². The van der Waals surface area contributed by atoms with Crippen molar-refractivity contribution in [2.24, 2.45) is 0 Å². The van der Waals surface area contributed by atoms with Gasteiger partial charge < -0.3 is 64.9 Å². The molecule has 3 aliphatic heterocycles. The Morgan fingerprint density at radius 2 is 1.43 bits per heavy atom. The van der Waals surface area contributed by atoms with E-state index >= 15 is 0 Å². The lowest BCUT2D eigenvalue weighted by molar-refractivity contribution is -0.290. The highest BCUT2D eigenvalue weighted by atomic mass is 16.7. The van der Waals surface area contributed by atoms with Crippen LogP contribution in [0.15, 0.2) is 60.4 Å². The third kappa shape index (κ3) is 4.58. The third-order valence-electron chi connectivity index (χ3n) is 7.19. The maximum atomic E-state index is 10.7. The Balaban J connectivity index is 1.55. The van der Waals surface area contributed by atoms with E-state index in [0.717, 1.165) is 12.1 Å². The number of aromatic hydroxyl groups is 5. The lowest BCUT2D eigenvalue weighted by Crippen LogP contribution is -2.59. The molecule has 1 saturated heterocycles. The Morgan fingerprint density at radius 3 is 2.10 bits per heavy atom. The summed E-state index contributed by atoms with van der Waals surface area (Å²) in [5, 5.41) is 91.6. The number of hydrogen-bond acceptors (Lipinski definition) is 13. The summed E-state index contributed by atoms with van der Waals surface area (Å²) in [7, 11) is 0. The van der Waals surface area contributed by atoms with Gasteiger partial charge in [-0.2, -0.15) is 0 Å². The van der Waals surface area contributed by atoms with Crippen LogP contribution in [0.5, 0.6) is 40.2 Å². The van der Waals surface area contributed by atoms with Crippen molar-refractivity contribution in [3.63, 3.8) is 0 Å². The summed E-state index contributed by atoms with van der Waals surface area (Å²) >= 11 is 0. The van der Waals surface area contributed by atoms with Gasteiger partial charge in [-0.25, -0.2) is 0 Å². The molecule has 0 aromatic heterocycles. The van der Waals surface area contributed by atoms with Crippen LogP contribution in [-0.4, -0.2) is 83.3 Å². The molecule has 42 heavy (non-hydrogen) atoms. The molecule has 6 rings (SSSR count). The minimum atomic E-state index is -1.80. The smallest absolute Gasteiger partial charge is 0.229 e. The summed E-state index contributed by atoms with van der Waals surface area (Å²) in [5.41, 5.74) is 1.19. The number of phenols is 5. The Hall–Kier alpha value is -4.66. The van der Waals surface area contributed by atoms with E-state index in [-0.39, 0.29) is 45.7 Å². The number of aliphatic hydroxyl groups excluding tert-OH is 4. The van der Waals surface area contributed by atoms with Crippen molar-refractivity contribution < 1.29 is 64.9 Å². The topological polar surface area (TPSA) is 219 Å². The number of aliphatic hydroxyl groups is 4. The molecular weight excluding hydrogens is 556 g/mol. The summed E-state index contributed by atoms with van der Waals surface area (Å²) in [5.74, 6) is -2.43. The molecule has 3 heterocycles. The molecule has 13 nitrogen and oxygen atoms in total. The van der Waals surface area contributed by atoms with Gasteiger partial charge in [-0.15, -0.1) is 0 Å². The Morgan fingerprint density at radius 1 is 0.762 bits per heavy atom. The van der Waals surface area contributed by atoms with Crippen molar-refractivity contribution >= 4 is 11.3 Å². The first kappa shape index (κ1) is 27.5. The van der Waals surface area contributed by atoms with Gasteiger partial charge in [0.15, 0.2) is 28.8 Å². The highest BCUT2D eigenvalue weighted by Crippen LogP contribution is 2.53. The molecule has 0 bridgehead atoms. The largest absolute Gasteiger partial charge is 0.508 e. The van der Waals surface area contributed by atoms with E-state index in [4.69, 9.17) is 18.9 Å². The molecule has 1 fully saturated rings. The van der Waals surface area contributed by atoms with E-state index in [9.17, 15) is 46.0 Å². The van der Waals surface area contributed by atoms with Crippen molar-refractivity contribution in [1.29, 1.82) is 0 Å². The second kappa shape index (κ2) is 10.3. The van der Waals surface area contributed by atoms with Gasteiger partial charge in [-0.3, -0.25) is 0 Å². The van der Waals surface area contributed by atoms with E-state index in [1.54, 1.807) is 18.2 Å². The molecule has 1 unspecified atom stereocenters. The summed E-state index contributed by atoms with van der Waals surface area (Å²) in [4.78, 5) is 0. The number of hydrogen-bond donors (Lipinski definition) is 9. The van der Waals surface area contributed by atoms with Crippen LogP contribution in [0, 0.1) is 0 Å². The van der Waals surface area contributed by atoms with Gasteiger partial charge in [0.25, 0.3) is 0 Å². The zero-order chi connectivity index (χ0) is 29.9. The van der Waals surface area contributed by atoms with Crippen LogP contribution in [-0.2, 0) is 9.47 Å². The van der Waals surface area contributed by atoms with E-state index in [2.05, 4.69) is 0 Å². The number of ether oxygens (including phenoxy) is 4. The molecule has 9 N–H and O–H groups in total. The van der Waals surface area contributed by atoms with Crippen molar-refractivity contribution in [1.82, 2.24) is 0 Å². The molecule has 13 heteroatoms. The molecule has 6 atom stereocenters. The predicted octanol–water partition coefficient (Wildman–Crippen LogP) is 1.31. The van der Waals surface area contributed by atoms with Gasteiger partial charge >= 0.3 is 0 Å². The zero-order valence-electron chi connectivity index (χ0n) is 21.5. The molecule has 3 aromatic rings. The first-order valence-corrected chi connectivity index (χ1v) is 12.8. The van der Waals surface area contributed by atoms with Gasteiger partial charge in [0.2, 0.25) is 6.29 Å². The fourth-order valence-electron chi connectivity index (χ4n) is 5.04. The second-order valence-electron chi connectivity index (χ2n) is 9.97. The third-order valence-corrected chi connectivity index (χ3v) is 7.19. The Bertz CT molecular complexity index is 1570. The molecule has 3 aliphatic rings. The minimum absolute atomic E-state index is 0.00786. The van der Waals surface area contributed by atoms with Crippen LogP contribution in [0.4, 0.5) is 0 Å². The number of allylic oxidation sites excluding steroid dienone is 1. The van der Waals surface area contributed by atoms with Crippen LogP contribution in [0.2, 0.25) is 0 Å². The van der Waals surface area contributed by atoms with E-state index in [1.807, 2.05) is 0 Å². The maximum Gasteiger partial charge on any atom is 0.229 e. The van der Waals surface area contributed by atoms with Crippen LogP contribution in [0.3, 0.4) is 0 Å². The summed E-state index contributed by atoms with van der Waals surface area (Å²) in [6, 6.07) is 10.9. The fraction of sp³-hybridized carbons (Fsp3) is 0.241. The summed E-state index contributed by atoms with van der Waals surface area (Å²) in [6.07, 6.45) is -7.35. The maximum absolute atomic E-state index is 10.7. The lowest BCUT2D eigenvalue weighted by atomic mass is 9.91. The van der Waals surface area contributed by atoms with Crippen molar-refractivity contribution in [3.8, 4) is 40.2 Å². The molecule has 220 valence electrons. The monoisotopic (exact) mass is 582 g/mol. The average molecular weight is 583 g/mol. The highest BCUT2D eigenvalue weighted by molar-refractivity contribution is 5.95. The number of phenolic OH excluding ortho intramolecular Hbond substituents is 5. The Labute approximate surface area is 237 Å². The molecule has 0 radical (unpaired) electrons. The molecule has 0 aliphatic carbocycles. The fourth-order valence-corrected chi connectivity index (χ4v) is 5.04. The molecule has 0 spiro atoms. The van der Waals surface area contributed by atoms with Crippen molar-refractivity contribution in [2.75, 3.05) is 6.61 Å². The standard InChI is InChI=1S/C29H26O13/c30-10-21-24(36)25(37)26(38)29(41-21)42-28-15-9-18(11-1-3-13(31)4-2-11)39-19-7-14(32)8-20(22(15)19)40-27(28)12-5-16(33)23(35)17(34)6-12/h1-9,18,21,24-26,29-38H,10H2/t18?,21-,24-,25+,26-,29+/m1/s1. The molecule has 3 aromatic carbocycles. The quantitative estimate of drug-likeness (QED) is 0.194. The molecule has 0 saturated carbocycles. The van der Waals surface area contributed by atoms with Gasteiger partial charge in [0.05, 0.1) is 12.2 Å². The van der Waals surface area contributed by atoms with Crippen LogP contribution in [0.1, 0.15) is 22.8 Å². The first-order valence-electron chi connectivity index (χ1n) is 12.8. The SMILES string of the molecule is OC[C@H]1O[C@@H](OC2=C(c3cc(O)c(O)c(O)c3)Oc3cc(O)cc4c3C2=CC(c2ccc(O)cc2)O4)[C@H](O)[C@@H](O)[C@@H]1O. The number of rotatable bonds is 5. The lowest BCUT2D eigenvalue weighted by Gasteiger charge is -2.41. The summed E-state index contributed by atoms with van der Waals surface area (Å²) < 4.78 is 23.9. The molecular formula is C29H26O13. The second-order valence-corrected chi connectivity index (χ2v) is 9.97. The minimum Gasteiger partial charge on any atom is -0.508 e. The van der Waals surface area contributed by atoms with E-state index in [0.29, 0.717) is 11.1 Å². The van der Waals surface area contributed by atoms with Crippen LogP contribution in [0.25, 0.3) is 11.3 Å². The van der Waals surface area contributed by atoms with Crippen LogP contribution < -0.4 is 9.47 Å². The zero-order valence-corrected chi connectivity index (χ0v) is 21.5. The van der Waals surface area contributed by atoms with Crippen molar-refractivity contribution in [2.45, 2.75) is 36.8 Å². The van der Waals surface area contributed by atoms with Crippen molar-refractivity contribution in [3.05, 3.63) is 77.1 Å².